The van der Waals surface area contributed by atoms with Crippen LogP contribution in [0.3, 0.4) is 0 Å². The first kappa shape index (κ1) is 13.4. The molecule has 0 radical (unpaired) electrons. The molecule has 0 bridgehead atoms. The van der Waals surface area contributed by atoms with Crippen molar-refractivity contribution in [3.05, 3.63) is 69.9 Å². The summed E-state index contributed by atoms with van der Waals surface area (Å²) in [6, 6.07) is 15.9. The third-order valence-corrected chi connectivity index (χ3v) is 3.67. The van der Waals surface area contributed by atoms with Crippen molar-refractivity contribution in [3.8, 4) is 5.75 Å². The van der Waals surface area contributed by atoms with Crippen molar-refractivity contribution in [1.82, 2.24) is 4.98 Å². The van der Waals surface area contributed by atoms with Crippen molar-refractivity contribution in [2.45, 2.75) is 6.61 Å². The average Bonchev–Trinajstić information content (AvgIpc) is 2.45. The quantitative estimate of drug-likeness (QED) is 0.605. The molecular formula is C16H11BrClNO. The number of aromatic nitrogens is 1. The molecule has 0 aliphatic rings. The van der Waals surface area contributed by atoms with E-state index in [2.05, 4.69) is 39.1 Å². The van der Waals surface area contributed by atoms with E-state index in [1.54, 1.807) is 12.3 Å². The molecule has 3 rings (SSSR count). The summed E-state index contributed by atoms with van der Waals surface area (Å²) in [7, 11) is 0. The molecule has 0 amide bonds. The zero-order chi connectivity index (χ0) is 13.9. The summed E-state index contributed by atoms with van der Waals surface area (Å²) in [5, 5.41) is 2.81. The van der Waals surface area contributed by atoms with E-state index in [9.17, 15) is 0 Å². The first-order chi connectivity index (χ1) is 9.70. The predicted molar refractivity (Wildman–Crippen MR) is 85.2 cm³/mol. The minimum Gasteiger partial charge on any atom is -0.489 e. The van der Waals surface area contributed by atoms with Gasteiger partial charge in [0.05, 0.1) is 0 Å². The lowest BCUT2D eigenvalue weighted by atomic mass is 10.1. The van der Waals surface area contributed by atoms with Crippen LogP contribution in [0.4, 0.5) is 0 Å². The van der Waals surface area contributed by atoms with Gasteiger partial charge in [-0.1, -0.05) is 39.7 Å². The van der Waals surface area contributed by atoms with Gasteiger partial charge in [0.15, 0.2) is 0 Å². The number of pyridine rings is 1. The molecule has 0 saturated heterocycles. The van der Waals surface area contributed by atoms with Gasteiger partial charge in [-0.05, 0) is 52.7 Å². The number of nitrogens with zero attached hydrogens (tertiary/aromatic N) is 1. The third kappa shape index (κ3) is 3.11. The van der Waals surface area contributed by atoms with Crippen LogP contribution in [0.1, 0.15) is 5.56 Å². The van der Waals surface area contributed by atoms with Crippen LogP contribution in [0.5, 0.6) is 5.75 Å². The van der Waals surface area contributed by atoms with Crippen LogP contribution in [0.15, 0.2) is 59.2 Å². The smallest absolute Gasteiger partial charge is 0.129 e. The van der Waals surface area contributed by atoms with Crippen molar-refractivity contribution < 1.29 is 4.74 Å². The van der Waals surface area contributed by atoms with E-state index in [1.165, 1.54) is 5.39 Å². The maximum absolute atomic E-state index is 5.85. The van der Waals surface area contributed by atoms with Gasteiger partial charge in [-0.15, -0.1) is 0 Å². The zero-order valence-electron chi connectivity index (χ0n) is 10.5. The Morgan fingerprint density at radius 1 is 1.00 bits per heavy atom. The minimum absolute atomic E-state index is 0.476. The van der Waals surface area contributed by atoms with Gasteiger partial charge >= 0.3 is 0 Å². The molecule has 4 heteroatoms. The maximum atomic E-state index is 5.85. The minimum atomic E-state index is 0.476. The Bertz CT molecular complexity index is 760. The molecule has 0 atom stereocenters. The van der Waals surface area contributed by atoms with Gasteiger partial charge in [0.1, 0.15) is 17.5 Å². The van der Waals surface area contributed by atoms with Gasteiger partial charge in [0.2, 0.25) is 0 Å². The van der Waals surface area contributed by atoms with Gasteiger partial charge in [-0.2, -0.15) is 0 Å². The third-order valence-electron chi connectivity index (χ3n) is 2.97. The Morgan fingerprint density at radius 3 is 2.65 bits per heavy atom. The normalized spacial score (nSPS) is 10.7. The first-order valence-electron chi connectivity index (χ1n) is 6.13. The number of halogens is 2. The van der Waals surface area contributed by atoms with E-state index in [4.69, 9.17) is 16.3 Å². The van der Waals surface area contributed by atoms with Gasteiger partial charge in [-0.3, -0.25) is 0 Å². The number of hydrogen-bond acceptors (Lipinski definition) is 2. The van der Waals surface area contributed by atoms with E-state index in [1.807, 2.05) is 24.3 Å². The van der Waals surface area contributed by atoms with Crippen molar-refractivity contribution in [2.75, 3.05) is 0 Å². The molecule has 0 N–H and O–H groups in total. The summed E-state index contributed by atoms with van der Waals surface area (Å²) in [6.45, 7) is 0.476. The lowest BCUT2D eigenvalue weighted by Crippen LogP contribution is -1.95. The topological polar surface area (TPSA) is 22.1 Å². The predicted octanol–water partition coefficient (Wildman–Crippen LogP) is 5.23. The van der Waals surface area contributed by atoms with E-state index in [0.717, 1.165) is 21.2 Å². The largest absolute Gasteiger partial charge is 0.489 e. The fourth-order valence-electron chi connectivity index (χ4n) is 1.98. The van der Waals surface area contributed by atoms with Gasteiger partial charge in [-0.25, -0.2) is 4.98 Å². The highest BCUT2D eigenvalue weighted by Crippen LogP contribution is 2.24. The number of benzene rings is 2. The SMILES string of the molecule is Clc1cc(COc2ccc3cc(Br)ccc3c2)ccn1. The van der Waals surface area contributed by atoms with Crippen LogP contribution in [0.2, 0.25) is 5.15 Å². The van der Waals surface area contributed by atoms with Crippen LogP contribution in [-0.4, -0.2) is 4.98 Å². The van der Waals surface area contributed by atoms with Gasteiger partial charge in [0.25, 0.3) is 0 Å². The summed E-state index contributed by atoms with van der Waals surface area (Å²) in [5.41, 5.74) is 1.00. The Balaban J connectivity index is 1.79. The molecule has 1 aromatic heterocycles. The van der Waals surface area contributed by atoms with Crippen molar-refractivity contribution in [1.29, 1.82) is 0 Å². The van der Waals surface area contributed by atoms with E-state index >= 15 is 0 Å². The summed E-state index contributed by atoms with van der Waals surface area (Å²) < 4.78 is 6.86. The molecule has 0 saturated carbocycles. The van der Waals surface area contributed by atoms with Crippen LogP contribution < -0.4 is 4.74 Å². The summed E-state index contributed by atoms with van der Waals surface area (Å²) in [4.78, 5) is 3.95. The molecule has 3 aromatic rings. The van der Waals surface area contributed by atoms with Crippen LogP contribution in [0.25, 0.3) is 10.8 Å². The van der Waals surface area contributed by atoms with Gasteiger partial charge < -0.3 is 4.74 Å². The Hall–Kier alpha value is -1.58. The zero-order valence-corrected chi connectivity index (χ0v) is 12.9. The highest BCUT2D eigenvalue weighted by molar-refractivity contribution is 9.10. The first-order valence-corrected chi connectivity index (χ1v) is 7.30. The van der Waals surface area contributed by atoms with Crippen molar-refractivity contribution in [3.63, 3.8) is 0 Å². The second kappa shape index (κ2) is 5.81. The highest BCUT2D eigenvalue weighted by atomic mass is 79.9. The Morgan fingerprint density at radius 2 is 1.80 bits per heavy atom. The average molecular weight is 349 g/mol. The second-order valence-corrected chi connectivity index (χ2v) is 5.73. The fraction of sp³-hybridized carbons (Fsp3) is 0.0625. The molecule has 0 spiro atoms. The summed E-state index contributed by atoms with van der Waals surface area (Å²) >= 11 is 9.32. The van der Waals surface area contributed by atoms with Crippen molar-refractivity contribution in [2.24, 2.45) is 0 Å². The molecular weight excluding hydrogens is 338 g/mol. The lowest BCUT2D eigenvalue weighted by molar-refractivity contribution is 0.306. The number of ether oxygens (including phenoxy) is 1. The lowest BCUT2D eigenvalue weighted by Gasteiger charge is -2.08. The summed E-state index contributed by atoms with van der Waals surface area (Å²) in [5.74, 6) is 0.841. The van der Waals surface area contributed by atoms with Crippen molar-refractivity contribution >= 4 is 38.3 Å². The number of hydrogen-bond donors (Lipinski definition) is 0. The van der Waals surface area contributed by atoms with E-state index < -0.39 is 0 Å². The fourth-order valence-corrected chi connectivity index (χ4v) is 2.56. The summed E-state index contributed by atoms with van der Waals surface area (Å²) in [6.07, 6.45) is 1.68. The molecule has 100 valence electrons. The van der Waals surface area contributed by atoms with Crippen LogP contribution >= 0.6 is 27.5 Å². The van der Waals surface area contributed by atoms with Gasteiger partial charge in [0, 0.05) is 10.7 Å². The standard InChI is InChI=1S/C16H11BrClNO/c17-14-3-1-13-9-15(4-2-12(13)8-14)20-10-11-5-6-19-16(18)7-11/h1-9H,10H2. The Labute approximate surface area is 130 Å². The molecule has 0 fully saturated rings. The molecule has 0 aliphatic carbocycles. The molecule has 0 unspecified atom stereocenters. The maximum Gasteiger partial charge on any atom is 0.129 e. The van der Waals surface area contributed by atoms with E-state index in [0.29, 0.717) is 11.8 Å². The molecule has 1 heterocycles. The van der Waals surface area contributed by atoms with Crippen LogP contribution in [-0.2, 0) is 6.61 Å². The number of rotatable bonds is 3. The highest BCUT2D eigenvalue weighted by Gasteiger charge is 2.00. The number of fused-ring (bicyclic) bond motifs is 1. The monoisotopic (exact) mass is 347 g/mol. The molecule has 20 heavy (non-hydrogen) atoms. The molecule has 0 aliphatic heterocycles. The molecule has 2 nitrogen and oxygen atoms in total. The second-order valence-electron chi connectivity index (χ2n) is 4.43. The molecule has 2 aromatic carbocycles. The Kier molecular flexibility index (Phi) is 3.90. The van der Waals surface area contributed by atoms with Crippen LogP contribution in [0, 0.1) is 0 Å². The van der Waals surface area contributed by atoms with E-state index in [-0.39, 0.29) is 0 Å².